The summed E-state index contributed by atoms with van der Waals surface area (Å²) in [6, 6.07) is 17.4. The zero-order valence-electron chi connectivity index (χ0n) is 15.2. The van der Waals surface area contributed by atoms with Gasteiger partial charge in [-0.3, -0.25) is 14.5 Å². The molecule has 1 fully saturated rings. The van der Waals surface area contributed by atoms with Crippen molar-refractivity contribution in [3.05, 3.63) is 60.2 Å². The highest BCUT2D eigenvalue weighted by atomic mass is 16.5. The fourth-order valence-corrected chi connectivity index (χ4v) is 3.21. The van der Waals surface area contributed by atoms with Crippen LogP contribution in [0.1, 0.15) is 49.4 Å². The van der Waals surface area contributed by atoms with Crippen LogP contribution in [-0.4, -0.2) is 29.5 Å². The standard InChI is InChI=1S/C22H25NO3/c1-2-3-7-16-26-21-15-14-20(24)23(21)22(25)19-12-10-18(11-13-19)17-8-5-4-6-9-17/h4-6,8-13,21H,2-3,7,14-16H2,1H3. The van der Waals surface area contributed by atoms with Gasteiger partial charge in [0.25, 0.3) is 5.91 Å². The van der Waals surface area contributed by atoms with Crippen molar-refractivity contribution in [2.75, 3.05) is 6.61 Å². The van der Waals surface area contributed by atoms with Crippen LogP contribution < -0.4 is 0 Å². The topological polar surface area (TPSA) is 46.6 Å². The number of rotatable bonds is 7. The monoisotopic (exact) mass is 351 g/mol. The lowest BCUT2D eigenvalue weighted by Gasteiger charge is -2.23. The normalized spacial score (nSPS) is 16.9. The largest absolute Gasteiger partial charge is 0.358 e. The van der Waals surface area contributed by atoms with E-state index in [9.17, 15) is 9.59 Å². The average molecular weight is 351 g/mol. The Morgan fingerprint density at radius 2 is 1.73 bits per heavy atom. The van der Waals surface area contributed by atoms with E-state index >= 15 is 0 Å². The van der Waals surface area contributed by atoms with Crippen LogP contribution in [0.2, 0.25) is 0 Å². The zero-order chi connectivity index (χ0) is 18.4. The van der Waals surface area contributed by atoms with Crippen molar-refractivity contribution >= 4 is 11.8 Å². The second kappa shape index (κ2) is 8.77. The SMILES string of the molecule is CCCCCOC1CCC(=O)N1C(=O)c1ccc(-c2ccccc2)cc1. The quantitative estimate of drug-likeness (QED) is 0.539. The molecule has 0 aliphatic carbocycles. The highest BCUT2D eigenvalue weighted by Crippen LogP contribution is 2.24. The maximum Gasteiger partial charge on any atom is 0.262 e. The van der Waals surface area contributed by atoms with Crippen molar-refractivity contribution in [2.24, 2.45) is 0 Å². The van der Waals surface area contributed by atoms with Gasteiger partial charge in [-0.15, -0.1) is 0 Å². The van der Waals surface area contributed by atoms with Crippen molar-refractivity contribution < 1.29 is 14.3 Å². The Labute approximate surface area is 154 Å². The van der Waals surface area contributed by atoms with Gasteiger partial charge in [0.05, 0.1) is 0 Å². The molecule has 1 heterocycles. The molecule has 1 unspecified atom stereocenters. The molecule has 4 nitrogen and oxygen atoms in total. The first-order valence-electron chi connectivity index (χ1n) is 9.34. The average Bonchev–Trinajstić information content (AvgIpc) is 3.06. The van der Waals surface area contributed by atoms with E-state index in [0.717, 1.165) is 30.4 Å². The molecule has 0 bridgehead atoms. The van der Waals surface area contributed by atoms with Gasteiger partial charge in [-0.25, -0.2) is 0 Å². The second-order valence-electron chi connectivity index (χ2n) is 6.58. The highest BCUT2D eigenvalue weighted by molar-refractivity contribution is 6.06. The first kappa shape index (κ1) is 18.3. The number of ether oxygens (including phenoxy) is 1. The Hall–Kier alpha value is -2.46. The van der Waals surface area contributed by atoms with Crippen LogP contribution in [-0.2, 0) is 9.53 Å². The number of unbranched alkanes of at least 4 members (excludes halogenated alkanes) is 2. The van der Waals surface area contributed by atoms with E-state index in [1.807, 2.05) is 42.5 Å². The molecular formula is C22H25NO3. The predicted molar refractivity (Wildman–Crippen MR) is 102 cm³/mol. The lowest BCUT2D eigenvalue weighted by atomic mass is 10.0. The van der Waals surface area contributed by atoms with E-state index in [-0.39, 0.29) is 11.8 Å². The summed E-state index contributed by atoms with van der Waals surface area (Å²) in [4.78, 5) is 26.3. The van der Waals surface area contributed by atoms with E-state index in [1.165, 1.54) is 4.90 Å². The molecule has 0 saturated carbocycles. The second-order valence-corrected chi connectivity index (χ2v) is 6.58. The Morgan fingerprint density at radius 1 is 1.04 bits per heavy atom. The number of amides is 2. The van der Waals surface area contributed by atoms with Gasteiger partial charge in [-0.05, 0) is 29.7 Å². The summed E-state index contributed by atoms with van der Waals surface area (Å²) >= 11 is 0. The van der Waals surface area contributed by atoms with Gasteiger partial charge in [0, 0.05) is 25.0 Å². The molecule has 2 amide bonds. The molecular weight excluding hydrogens is 326 g/mol. The maximum absolute atomic E-state index is 12.8. The van der Waals surface area contributed by atoms with Crippen molar-refractivity contribution in [2.45, 2.75) is 45.3 Å². The third kappa shape index (κ3) is 4.20. The molecule has 0 N–H and O–H groups in total. The van der Waals surface area contributed by atoms with Crippen molar-refractivity contribution in [1.82, 2.24) is 4.90 Å². The van der Waals surface area contributed by atoms with Crippen LogP contribution in [0.25, 0.3) is 11.1 Å². The summed E-state index contributed by atoms with van der Waals surface area (Å²) in [6.07, 6.45) is 3.68. The Balaban J connectivity index is 1.69. The Bertz CT molecular complexity index is 740. The number of imide groups is 1. The third-order valence-electron chi connectivity index (χ3n) is 4.68. The van der Waals surface area contributed by atoms with Crippen LogP contribution in [0, 0.1) is 0 Å². The molecule has 0 spiro atoms. The van der Waals surface area contributed by atoms with Gasteiger partial charge in [-0.2, -0.15) is 0 Å². The van der Waals surface area contributed by atoms with Crippen LogP contribution >= 0.6 is 0 Å². The highest BCUT2D eigenvalue weighted by Gasteiger charge is 2.36. The maximum atomic E-state index is 12.8. The number of carbonyl (C=O) groups is 2. The first-order valence-corrected chi connectivity index (χ1v) is 9.34. The minimum absolute atomic E-state index is 0.150. The molecule has 2 aromatic carbocycles. The summed E-state index contributed by atoms with van der Waals surface area (Å²) in [5.41, 5.74) is 2.66. The van der Waals surface area contributed by atoms with Crippen LogP contribution in [0.15, 0.2) is 54.6 Å². The van der Waals surface area contributed by atoms with Gasteiger partial charge < -0.3 is 4.74 Å². The van der Waals surface area contributed by atoms with Crippen LogP contribution in [0.4, 0.5) is 0 Å². The van der Waals surface area contributed by atoms with Gasteiger partial charge in [0.2, 0.25) is 5.91 Å². The summed E-state index contributed by atoms with van der Waals surface area (Å²) in [7, 11) is 0. The molecule has 1 aliphatic rings. The number of benzene rings is 2. The van der Waals surface area contributed by atoms with Gasteiger partial charge in [0.1, 0.15) is 6.23 Å². The van der Waals surface area contributed by atoms with Crippen molar-refractivity contribution in [3.8, 4) is 11.1 Å². The number of hydrogen-bond acceptors (Lipinski definition) is 3. The number of likely N-dealkylation sites (tertiary alicyclic amines) is 1. The Morgan fingerprint density at radius 3 is 2.42 bits per heavy atom. The molecule has 0 aromatic heterocycles. The van der Waals surface area contributed by atoms with Crippen molar-refractivity contribution in [1.29, 1.82) is 0 Å². The van der Waals surface area contributed by atoms with Gasteiger partial charge in [0.15, 0.2) is 0 Å². The number of nitrogens with zero attached hydrogens (tertiary/aromatic N) is 1. The summed E-state index contributed by atoms with van der Waals surface area (Å²) < 4.78 is 5.81. The van der Waals surface area contributed by atoms with Gasteiger partial charge in [-0.1, -0.05) is 62.2 Å². The van der Waals surface area contributed by atoms with Crippen molar-refractivity contribution in [3.63, 3.8) is 0 Å². The minimum Gasteiger partial charge on any atom is -0.358 e. The smallest absolute Gasteiger partial charge is 0.262 e. The molecule has 4 heteroatoms. The molecule has 136 valence electrons. The fourth-order valence-electron chi connectivity index (χ4n) is 3.21. The summed E-state index contributed by atoms with van der Waals surface area (Å²) in [6.45, 7) is 2.72. The van der Waals surface area contributed by atoms with Crippen LogP contribution in [0.5, 0.6) is 0 Å². The number of hydrogen-bond donors (Lipinski definition) is 0. The first-order chi connectivity index (χ1) is 12.7. The molecule has 3 rings (SSSR count). The fraction of sp³-hybridized carbons (Fsp3) is 0.364. The zero-order valence-corrected chi connectivity index (χ0v) is 15.2. The van der Waals surface area contributed by atoms with E-state index in [1.54, 1.807) is 12.1 Å². The molecule has 1 aliphatic heterocycles. The van der Waals surface area contributed by atoms with Gasteiger partial charge >= 0.3 is 0 Å². The van der Waals surface area contributed by atoms with E-state index < -0.39 is 6.23 Å². The van der Waals surface area contributed by atoms with E-state index in [2.05, 4.69) is 6.92 Å². The minimum atomic E-state index is -0.430. The number of carbonyl (C=O) groups excluding carboxylic acids is 2. The predicted octanol–water partition coefficient (Wildman–Crippen LogP) is 4.65. The lowest BCUT2D eigenvalue weighted by molar-refractivity contribution is -0.131. The molecule has 2 aromatic rings. The third-order valence-corrected chi connectivity index (χ3v) is 4.68. The summed E-state index contributed by atoms with van der Waals surface area (Å²) in [5.74, 6) is -0.421. The Kier molecular flexibility index (Phi) is 6.18. The molecule has 1 saturated heterocycles. The van der Waals surface area contributed by atoms with E-state index in [0.29, 0.717) is 25.0 Å². The molecule has 26 heavy (non-hydrogen) atoms. The molecule has 0 radical (unpaired) electrons. The molecule has 1 atom stereocenters. The van der Waals surface area contributed by atoms with E-state index in [4.69, 9.17) is 4.74 Å². The van der Waals surface area contributed by atoms with Crippen LogP contribution in [0.3, 0.4) is 0 Å². The summed E-state index contributed by atoms with van der Waals surface area (Å²) in [5, 5.41) is 0. The lowest BCUT2D eigenvalue weighted by Crippen LogP contribution is -2.40.